The summed E-state index contributed by atoms with van der Waals surface area (Å²) in [5.74, 6) is -1.36. The number of nitrogens with one attached hydrogen (secondary N) is 2. The first-order chi connectivity index (χ1) is 11.4. The Morgan fingerprint density at radius 1 is 1.00 bits per heavy atom. The lowest BCUT2D eigenvalue weighted by atomic mass is 10.0. The highest BCUT2D eigenvalue weighted by molar-refractivity contribution is 5.90. The third kappa shape index (κ3) is 9.12. The molecule has 0 rings (SSSR count). The molecule has 0 aromatic heterocycles. The van der Waals surface area contributed by atoms with E-state index in [1.807, 2.05) is 0 Å². The zero-order chi connectivity index (χ0) is 19.8. The lowest BCUT2D eigenvalue weighted by Crippen LogP contribution is -2.55. The fraction of sp³-hybridized carbons (Fsp3) is 0.722. The van der Waals surface area contributed by atoms with Crippen molar-refractivity contribution in [3.05, 3.63) is 12.7 Å². The van der Waals surface area contributed by atoms with Crippen LogP contribution in [0.1, 0.15) is 48.5 Å². The van der Waals surface area contributed by atoms with Gasteiger partial charge >= 0.3 is 12.1 Å². The molecule has 0 heterocycles. The topological polar surface area (TPSA) is 93.7 Å². The Labute approximate surface area is 150 Å². The van der Waals surface area contributed by atoms with Crippen molar-refractivity contribution in [1.29, 1.82) is 0 Å². The molecular weight excluding hydrogens is 324 g/mol. The van der Waals surface area contributed by atoms with Crippen LogP contribution in [0.5, 0.6) is 0 Å². The van der Waals surface area contributed by atoms with E-state index in [-0.39, 0.29) is 18.4 Å². The minimum Gasteiger partial charge on any atom is -0.460 e. The average Bonchev–Trinajstić information content (AvgIpc) is 2.45. The van der Waals surface area contributed by atoms with Crippen molar-refractivity contribution in [3.63, 3.8) is 0 Å². The lowest BCUT2D eigenvalue weighted by Gasteiger charge is -2.27. The van der Waals surface area contributed by atoms with Gasteiger partial charge in [0.25, 0.3) is 0 Å². The van der Waals surface area contributed by atoms with Gasteiger partial charge in [-0.25, -0.2) is 9.59 Å². The van der Waals surface area contributed by atoms with Crippen molar-refractivity contribution in [3.8, 4) is 0 Å². The molecule has 0 unspecified atom stereocenters. The molecule has 0 bridgehead atoms. The molecule has 0 radical (unpaired) electrons. The van der Waals surface area contributed by atoms with E-state index in [1.54, 1.807) is 48.5 Å². The monoisotopic (exact) mass is 356 g/mol. The quantitative estimate of drug-likeness (QED) is 0.514. The molecule has 7 heteroatoms. The summed E-state index contributed by atoms with van der Waals surface area (Å²) in [6.07, 6.45) is 0.773. The maximum atomic E-state index is 12.6. The molecule has 144 valence electrons. The molecule has 7 nitrogen and oxygen atoms in total. The highest BCUT2D eigenvalue weighted by Crippen LogP contribution is 2.10. The molecule has 25 heavy (non-hydrogen) atoms. The highest BCUT2D eigenvalue weighted by Gasteiger charge is 2.32. The van der Waals surface area contributed by atoms with Crippen molar-refractivity contribution in [1.82, 2.24) is 10.6 Å². The second-order valence-electron chi connectivity index (χ2n) is 7.52. The number of esters is 1. The summed E-state index contributed by atoms with van der Waals surface area (Å²) >= 11 is 0. The van der Waals surface area contributed by atoms with Crippen LogP contribution in [0.15, 0.2) is 12.7 Å². The van der Waals surface area contributed by atoms with Crippen LogP contribution in [0, 0.1) is 11.8 Å². The van der Waals surface area contributed by atoms with Gasteiger partial charge in [-0.2, -0.15) is 0 Å². The van der Waals surface area contributed by atoms with E-state index in [4.69, 9.17) is 9.47 Å². The van der Waals surface area contributed by atoms with Gasteiger partial charge in [-0.05, 0) is 32.6 Å². The van der Waals surface area contributed by atoms with E-state index < -0.39 is 35.7 Å². The molecule has 0 aliphatic heterocycles. The van der Waals surface area contributed by atoms with Gasteiger partial charge < -0.3 is 20.1 Å². The Kier molecular flexibility index (Phi) is 9.23. The number of amides is 2. The Bertz CT molecular complexity index is 480. The molecule has 0 saturated carbocycles. The van der Waals surface area contributed by atoms with E-state index in [1.165, 1.54) is 6.08 Å². The van der Waals surface area contributed by atoms with Gasteiger partial charge in [-0.1, -0.05) is 40.3 Å². The Balaban J connectivity index is 5.04. The fourth-order valence-corrected chi connectivity index (χ4v) is 1.94. The van der Waals surface area contributed by atoms with Crippen molar-refractivity contribution in [2.45, 2.75) is 66.2 Å². The largest absolute Gasteiger partial charge is 0.460 e. The molecular formula is C18H32N2O5. The van der Waals surface area contributed by atoms with Gasteiger partial charge in [0.1, 0.15) is 24.3 Å². The van der Waals surface area contributed by atoms with Crippen LogP contribution in [0.4, 0.5) is 4.79 Å². The molecule has 2 atom stereocenters. The Morgan fingerprint density at radius 2 is 1.52 bits per heavy atom. The molecule has 0 aromatic carbocycles. The van der Waals surface area contributed by atoms with Gasteiger partial charge in [0.2, 0.25) is 5.91 Å². The van der Waals surface area contributed by atoms with Crippen molar-refractivity contribution >= 4 is 18.0 Å². The van der Waals surface area contributed by atoms with Crippen molar-refractivity contribution < 1.29 is 23.9 Å². The maximum Gasteiger partial charge on any atom is 0.408 e. The molecule has 2 amide bonds. The van der Waals surface area contributed by atoms with Crippen LogP contribution in [-0.4, -0.2) is 42.3 Å². The second kappa shape index (κ2) is 10.1. The van der Waals surface area contributed by atoms with Crippen LogP contribution < -0.4 is 10.6 Å². The number of hydrogen-bond acceptors (Lipinski definition) is 5. The molecule has 0 spiro atoms. The molecule has 0 aromatic rings. The van der Waals surface area contributed by atoms with Gasteiger partial charge in [0.15, 0.2) is 0 Å². The van der Waals surface area contributed by atoms with Crippen LogP contribution in [0.2, 0.25) is 0 Å². The zero-order valence-electron chi connectivity index (χ0n) is 16.3. The Hall–Kier alpha value is -2.05. The fourth-order valence-electron chi connectivity index (χ4n) is 1.94. The maximum absolute atomic E-state index is 12.6. The van der Waals surface area contributed by atoms with Crippen molar-refractivity contribution in [2.75, 3.05) is 6.61 Å². The first-order valence-corrected chi connectivity index (χ1v) is 8.46. The second-order valence-corrected chi connectivity index (χ2v) is 7.52. The summed E-state index contributed by atoms with van der Waals surface area (Å²) in [4.78, 5) is 36.6. The lowest BCUT2D eigenvalue weighted by molar-refractivity contribution is -0.148. The summed E-state index contributed by atoms with van der Waals surface area (Å²) in [5, 5.41) is 5.21. The summed E-state index contributed by atoms with van der Waals surface area (Å²) in [7, 11) is 0. The molecule has 0 aliphatic carbocycles. The summed E-state index contributed by atoms with van der Waals surface area (Å²) in [6, 6.07) is -1.64. The predicted molar refractivity (Wildman–Crippen MR) is 95.9 cm³/mol. The molecule has 0 fully saturated rings. The third-order valence-electron chi connectivity index (χ3n) is 3.18. The van der Waals surface area contributed by atoms with E-state index in [0.29, 0.717) is 0 Å². The van der Waals surface area contributed by atoms with Crippen LogP contribution >= 0.6 is 0 Å². The first kappa shape index (κ1) is 22.9. The smallest absolute Gasteiger partial charge is 0.408 e. The Morgan fingerprint density at radius 3 is 1.92 bits per heavy atom. The number of ether oxygens (including phenoxy) is 2. The minimum atomic E-state index is -0.830. The first-order valence-electron chi connectivity index (χ1n) is 8.46. The summed E-state index contributed by atoms with van der Waals surface area (Å²) < 4.78 is 10.2. The third-order valence-corrected chi connectivity index (χ3v) is 3.18. The number of alkyl carbamates (subject to hydrolysis) is 1. The standard InChI is InChI=1S/C18H32N2O5/c1-9-10-24-16(22)14(12(4)5)19-15(21)13(11(2)3)20-17(23)25-18(6,7)8/h9,11-14H,1,10H2,2-8H3,(H,19,21)(H,20,23)/t13-,14-/m0/s1. The number of hydrogen-bond donors (Lipinski definition) is 2. The van der Waals surface area contributed by atoms with Crippen LogP contribution in [0.3, 0.4) is 0 Å². The van der Waals surface area contributed by atoms with Crippen molar-refractivity contribution in [2.24, 2.45) is 11.8 Å². The molecule has 2 N–H and O–H groups in total. The van der Waals surface area contributed by atoms with Gasteiger partial charge in [0.05, 0.1) is 0 Å². The van der Waals surface area contributed by atoms with E-state index >= 15 is 0 Å². The zero-order valence-corrected chi connectivity index (χ0v) is 16.3. The molecule has 0 saturated heterocycles. The van der Waals surface area contributed by atoms with Gasteiger partial charge in [0, 0.05) is 0 Å². The highest BCUT2D eigenvalue weighted by atomic mass is 16.6. The number of carbonyl (C=O) groups excluding carboxylic acids is 3. The SMILES string of the molecule is C=CCOC(=O)[C@@H](NC(=O)[C@@H](NC(=O)OC(C)(C)C)C(C)C)C(C)C. The predicted octanol–water partition coefficient (Wildman–Crippen LogP) is 2.41. The number of carbonyl (C=O) groups is 3. The number of rotatable bonds is 8. The van der Waals surface area contributed by atoms with E-state index in [0.717, 1.165) is 0 Å². The van der Waals surface area contributed by atoms with Gasteiger partial charge in [-0.15, -0.1) is 0 Å². The van der Waals surface area contributed by atoms with Crippen LogP contribution in [-0.2, 0) is 19.1 Å². The van der Waals surface area contributed by atoms with E-state index in [2.05, 4.69) is 17.2 Å². The minimum absolute atomic E-state index is 0.0711. The van der Waals surface area contributed by atoms with Gasteiger partial charge in [-0.3, -0.25) is 4.79 Å². The summed E-state index contributed by atoms with van der Waals surface area (Å²) in [5.41, 5.74) is -0.670. The normalized spacial score (nSPS) is 13.8. The van der Waals surface area contributed by atoms with E-state index in [9.17, 15) is 14.4 Å². The molecule has 0 aliphatic rings. The average molecular weight is 356 g/mol. The summed E-state index contributed by atoms with van der Waals surface area (Å²) in [6.45, 7) is 16.0. The van der Waals surface area contributed by atoms with Crippen LogP contribution in [0.25, 0.3) is 0 Å².